The highest BCUT2D eigenvalue weighted by Crippen LogP contribution is 2.53. The van der Waals surface area contributed by atoms with Gasteiger partial charge in [-0.15, -0.1) is 0 Å². The van der Waals surface area contributed by atoms with Gasteiger partial charge in [0.15, 0.2) is 0 Å². The lowest BCUT2D eigenvalue weighted by Crippen LogP contribution is -2.41. The molecule has 1 fully saturated rings. The molecule has 1 atom stereocenters. The van der Waals surface area contributed by atoms with Crippen LogP contribution in [0.5, 0.6) is 0 Å². The van der Waals surface area contributed by atoms with Crippen LogP contribution in [0.1, 0.15) is 55.2 Å². The molecule has 1 aliphatic carbocycles. The number of likely N-dealkylation sites (tertiary alicyclic amines) is 1. The highest BCUT2D eigenvalue weighted by molar-refractivity contribution is 5.48. The number of rotatable bonds is 3. The molecular formula is C22H27N. The van der Waals surface area contributed by atoms with Gasteiger partial charge in [-0.1, -0.05) is 61.5 Å². The Balaban J connectivity index is 1.66. The quantitative estimate of drug-likeness (QED) is 0.774. The molecule has 1 heterocycles. The topological polar surface area (TPSA) is 3.24 Å². The number of fused-ring (bicyclic) bond motifs is 2. The molecule has 23 heavy (non-hydrogen) atoms. The van der Waals surface area contributed by atoms with E-state index in [1.54, 1.807) is 11.1 Å². The Morgan fingerprint density at radius 3 is 2.39 bits per heavy atom. The van der Waals surface area contributed by atoms with E-state index in [1.165, 1.54) is 50.9 Å². The summed E-state index contributed by atoms with van der Waals surface area (Å²) in [7, 11) is 0. The Bertz CT molecular complexity index is 653. The summed E-state index contributed by atoms with van der Waals surface area (Å²) < 4.78 is 0. The molecule has 2 aromatic carbocycles. The van der Waals surface area contributed by atoms with Crippen molar-refractivity contribution in [3.05, 3.63) is 71.3 Å². The highest BCUT2D eigenvalue weighted by Gasteiger charge is 2.45. The van der Waals surface area contributed by atoms with Crippen LogP contribution in [0, 0.1) is 0 Å². The maximum atomic E-state index is 2.66. The Hall–Kier alpha value is -1.60. The molecule has 2 aliphatic rings. The Morgan fingerprint density at radius 1 is 0.957 bits per heavy atom. The first-order valence-corrected chi connectivity index (χ1v) is 9.19. The van der Waals surface area contributed by atoms with Crippen molar-refractivity contribution in [3.63, 3.8) is 0 Å². The largest absolute Gasteiger partial charge is 0.303 e. The van der Waals surface area contributed by atoms with Crippen LogP contribution >= 0.6 is 0 Å². The third kappa shape index (κ3) is 2.61. The minimum Gasteiger partial charge on any atom is -0.303 e. The van der Waals surface area contributed by atoms with Crippen molar-refractivity contribution in [2.45, 2.75) is 43.9 Å². The van der Waals surface area contributed by atoms with Crippen molar-refractivity contribution in [1.82, 2.24) is 4.90 Å². The predicted octanol–water partition coefficient (Wildman–Crippen LogP) is 4.97. The molecule has 1 spiro atoms. The maximum absolute atomic E-state index is 2.66. The predicted molar refractivity (Wildman–Crippen MR) is 97.0 cm³/mol. The van der Waals surface area contributed by atoms with E-state index in [0.717, 1.165) is 0 Å². The van der Waals surface area contributed by atoms with Crippen LogP contribution in [-0.4, -0.2) is 24.5 Å². The SMILES string of the molecule is CCCN1CCC2(CC1)CC(c1ccccc1)c1ccccc12. The van der Waals surface area contributed by atoms with Gasteiger partial charge in [-0.05, 0) is 67.4 Å². The normalized spacial score (nSPS) is 23.1. The molecule has 2 aromatic rings. The summed E-state index contributed by atoms with van der Waals surface area (Å²) >= 11 is 0. The first-order chi connectivity index (χ1) is 11.3. The van der Waals surface area contributed by atoms with Crippen molar-refractivity contribution >= 4 is 0 Å². The highest BCUT2D eigenvalue weighted by atomic mass is 15.1. The van der Waals surface area contributed by atoms with Gasteiger partial charge in [-0.25, -0.2) is 0 Å². The van der Waals surface area contributed by atoms with Crippen LogP contribution < -0.4 is 0 Å². The molecule has 1 saturated heterocycles. The molecule has 1 aliphatic heterocycles. The molecule has 4 rings (SSSR count). The van der Waals surface area contributed by atoms with Gasteiger partial charge < -0.3 is 4.90 Å². The molecule has 1 nitrogen and oxygen atoms in total. The number of nitrogens with zero attached hydrogens (tertiary/aromatic N) is 1. The zero-order valence-corrected chi connectivity index (χ0v) is 14.2. The van der Waals surface area contributed by atoms with Crippen LogP contribution in [0.4, 0.5) is 0 Å². The summed E-state index contributed by atoms with van der Waals surface area (Å²) in [6.07, 6.45) is 5.23. The third-order valence-electron chi connectivity index (χ3n) is 6.06. The van der Waals surface area contributed by atoms with E-state index in [0.29, 0.717) is 11.3 Å². The van der Waals surface area contributed by atoms with Crippen molar-refractivity contribution in [2.24, 2.45) is 0 Å². The van der Waals surface area contributed by atoms with Crippen LogP contribution in [0.3, 0.4) is 0 Å². The molecule has 0 radical (unpaired) electrons. The third-order valence-corrected chi connectivity index (χ3v) is 6.06. The summed E-state index contributed by atoms with van der Waals surface area (Å²) in [4.78, 5) is 2.66. The molecule has 0 saturated carbocycles. The van der Waals surface area contributed by atoms with E-state index in [1.807, 2.05) is 0 Å². The van der Waals surface area contributed by atoms with Gasteiger partial charge >= 0.3 is 0 Å². The van der Waals surface area contributed by atoms with Gasteiger partial charge in [0.05, 0.1) is 0 Å². The van der Waals surface area contributed by atoms with Crippen molar-refractivity contribution in [3.8, 4) is 0 Å². The molecule has 0 N–H and O–H groups in total. The van der Waals surface area contributed by atoms with Crippen molar-refractivity contribution in [1.29, 1.82) is 0 Å². The zero-order valence-electron chi connectivity index (χ0n) is 14.2. The minimum absolute atomic E-state index is 0.418. The molecule has 0 bridgehead atoms. The van der Waals surface area contributed by atoms with Crippen LogP contribution in [0.25, 0.3) is 0 Å². The second-order valence-electron chi connectivity index (χ2n) is 7.38. The fourth-order valence-electron chi connectivity index (χ4n) is 4.87. The first-order valence-electron chi connectivity index (χ1n) is 9.19. The Labute approximate surface area is 140 Å². The van der Waals surface area contributed by atoms with Crippen LogP contribution in [0.15, 0.2) is 54.6 Å². The van der Waals surface area contributed by atoms with Gasteiger partial charge in [0.1, 0.15) is 0 Å². The lowest BCUT2D eigenvalue weighted by Gasteiger charge is -2.40. The average Bonchev–Trinajstić information content (AvgIpc) is 2.93. The zero-order chi connectivity index (χ0) is 15.7. The standard InChI is InChI=1S/C22H27N/c1-2-14-23-15-12-22(13-16-23)17-20(18-8-4-3-5-9-18)19-10-6-7-11-21(19)22/h3-11,20H,2,12-17H2,1H3. The van der Waals surface area contributed by atoms with Gasteiger partial charge in [-0.2, -0.15) is 0 Å². The monoisotopic (exact) mass is 305 g/mol. The van der Waals surface area contributed by atoms with E-state index in [2.05, 4.69) is 66.4 Å². The van der Waals surface area contributed by atoms with Crippen molar-refractivity contribution in [2.75, 3.05) is 19.6 Å². The van der Waals surface area contributed by atoms with E-state index < -0.39 is 0 Å². The number of hydrogen-bond acceptors (Lipinski definition) is 1. The van der Waals surface area contributed by atoms with Gasteiger partial charge in [0.25, 0.3) is 0 Å². The molecule has 0 aromatic heterocycles. The Kier molecular flexibility index (Phi) is 3.98. The summed E-state index contributed by atoms with van der Waals surface area (Å²) in [5.74, 6) is 0.588. The molecule has 0 amide bonds. The number of piperidine rings is 1. The summed E-state index contributed by atoms with van der Waals surface area (Å²) in [6, 6.07) is 20.4. The second kappa shape index (κ2) is 6.13. The average molecular weight is 305 g/mol. The minimum atomic E-state index is 0.418. The van der Waals surface area contributed by atoms with E-state index in [-0.39, 0.29) is 0 Å². The van der Waals surface area contributed by atoms with Gasteiger partial charge in [0, 0.05) is 5.92 Å². The lowest BCUT2D eigenvalue weighted by atomic mass is 9.73. The van der Waals surface area contributed by atoms with Crippen LogP contribution in [0.2, 0.25) is 0 Å². The summed E-state index contributed by atoms with van der Waals surface area (Å²) in [5.41, 5.74) is 5.14. The molecule has 120 valence electrons. The lowest BCUT2D eigenvalue weighted by molar-refractivity contribution is 0.157. The van der Waals surface area contributed by atoms with E-state index >= 15 is 0 Å². The maximum Gasteiger partial charge on any atom is 0.0101 e. The molecule has 1 heteroatoms. The van der Waals surface area contributed by atoms with Gasteiger partial charge in [0.2, 0.25) is 0 Å². The fraction of sp³-hybridized carbons (Fsp3) is 0.455. The van der Waals surface area contributed by atoms with Crippen LogP contribution in [-0.2, 0) is 5.41 Å². The Morgan fingerprint density at radius 2 is 1.65 bits per heavy atom. The smallest absolute Gasteiger partial charge is 0.0101 e. The van der Waals surface area contributed by atoms with E-state index in [4.69, 9.17) is 0 Å². The number of benzene rings is 2. The second-order valence-corrected chi connectivity index (χ2v) is 7.38. The fourth-order valence-corrected chi connectivity index (χ4v) is 4.87. The van der Waals surface area contributed by atoms with Gasteiger partial charge in [-0.3, -0.25) is 0 Å². The van der Waals surface area contributed by atoms with Crippen molar-refractivity contribution < 1.29 is 0 Å². The molecule has 1 unspecified atom stereocenters. The molecular weight excluding hydrogens is 278 g/mol. The van der Waals surface area contributed by atoms with E-state index in [9.17, 15) is 0 Å². The number of hydrogen-bond donors (Lipinski definition) is 0. The summed E-state index contributed by atoms with van der Waals surface area (Å²) in [5, 5.41) is 0. The summed E-state index contributed by atoms with van der Waals surface area (Å²) in [6.45, 7) is 6.09. The first kappa shape index (κ1) is 15.0.